The van der Waals surface area contributed by atoms with E-state index in [1.165, 1.54) is 0 Å². The second-order valence-corrected chi connectivity index (χ2v) is 3.27. The Hall–Kier alpha value is -1.48. The summed E-state index contributed by atoms with van der Waals surface area (Å²) in [5, 5.41) is 10.2. The van der Waals surface area contributed by atoms with Crippen molar-refractivity contribution in [2.45, 2.75) is 6.61 Å². The van der Waals surface area contributed by atoms with E-state index in [0.29, 0.717) is 0 Å². The van der Waals surface area contributed by atoms with Gasteiger partial charge in [0.1, 0.15) is 5.75 Å². The molecule has 0 saturated heterocycles. The van der Waals surface area contributed by atoms with Crippen LogP contribution in [-0.2, 0) is 13.7 Å². The summed E-state index contributed by atoms with van der Waals surface area (Å²) >= 11 is 0. The highest BCUT2D eigenvalue weighted by molar-refractivity contribution is 5.88. The molecule has 1 N–H and O–H groups in total. The second kappa shape index (κ2) is 3.35. The molecule has 3 heteroatoms. The van der Waals surface area contributed by atoms with Crippen LogP contribution in [0.25, 0.3) is 10.9 Å². The van der Waals surface area contributed by atoms with Gasteiger partial charge in [-0.2, -0.15) is 0 Å². The van der Waals surface area contributed by atoms with Crippen LogP contribution in [0.1, 0.15) is 5.56 Å². The van der Waals surface area contributed by atoms with E-state index in [4.69, 9.17) is 9.84 Å². The quantitative estimate of drug-likeness (QED) is 0.783. The topological polar surface area (TPSA) is 34.4 Å². The number of fused-ring (bicyclic) bond motifs is 1. The number of methoxy groups -OCH3 is 1. The molecular formula is C11H13NO2. The van der Waals surface area contributed by atoms with E-state index in [0.717, 1.165) is 22.2 Å². The first-order valence-electron chi connectivity index (χ1n) is 4.49. The lowest BCUT2D eigenvalue weighted by atomic mass is 10.1. The molecule has 0 aliphatic rings. The summed E-state index contributed by atoms with van der Waals surface area (Å²) < 4.78 is 7.26. The number of aryl methyl sites for hydroxylation is 1. The van der Waals surface area contributed by atoms with Gasteiger partial charge in [-0.05, 0) is 17.7 Å². The van der Waals surface area contributed by atoms with Crippen LogP contribution in [0.15, 0.2) is 24.4 Å². The molecule has 0 aliphatic heterocycles. The predicted molar refractivity (Wildman–Crippen MR) is 55.4 cm³/mol. The lowest BCUT2D eigenvalue weighted by Crippen LogP contribution is -1.92. The molecule has 0 aliphatic carbocycles. The third-order valence-electron chi connectivity index (χ3n) is 2.48. The van der Waals surface area contributed by atoms with Crippen LogP contribution in [0.4, 0.5) is 0 Å². The average molecular weight is 191 g/mol. The summed E-state index contributed by atoms with van der Waals surface area (Å²) in [6.07, 6.45) is 1.96. The summed E-state index contributed by atoms with van der Waals surface area (Å²) in [7, 11) is 3.62. The number of hydrogen-bond acceptors (Lipinski definition) is 2. The lowest BCUT2D eigenvalue weighted by molar-refractivity contribution is 0.283. The molecule has 0 unspecified atom stereocenters. The van der Waals surface area contributed by atoms with Gasteiger partial charge in [-0.3, -0.25) is 0 Å². The first-order chi connectivity index (χ1) is 6.77. The number of nitrogens with zero attached hydrogens (tertiary/aromatic N) is 1. The highest BCUT2D eigenvalue weighted by Gasteiger charge is 2.08. The second-order valence-electron chi connectivity index (χ2n) is 3.27. The van der Waals surface area contributed by atoms with E-state index < -0.39 is 0 Å². The van der Waals surface area contributed by atoms with E-state index in [9.17, 15) is 0 Å². The third kappa shape index (κ3) is 1.17. The minimum absolute atomic E-state index is 0.0600. The fourth-order valence-electron chi connectivity index (χ4n) is 1.74. The zero-order chi connectivity index (χ0) is 10.1. The molecule has 1 aromatic carbocycles. The maximum Gasteiger partial charge on any atom is 0.143 e. The number of ether oxygens (including phenoxy) is 1. The van der Waals surface area contributed by atoms with Crippen molar-refractivity contribution in [2.24, 2.45) is 7.05 Å². The molecule has 2 aromatic rings. The van der Waals surface area contributed by atoms with E-state index in [1.54, 1.807) is 7.11 Å². The van der Waals surface area contributed by atoms with Gasteiger partial charge in [-0.25, -0.2) is 0 Å². The molecule has 14 heavy (non-hydrogen) atoms. The van der Waals surface area contributed by atoms with Crippen LogP contribution in [0.3, 0.4) is 0 Å². The number of benzene rings is 1. The SMILES string of the molecule is COc1ccc(CO)c2ccn(C)c12. The Kier molecular flexibility index (Phi) is 2.17. The van der Waals surface area contributed by atoms with Crippen LogP contribution in [0.5, 0.6) is 5.75 Å². The minimum Gasteiger partial charge on any atom is -0.495 e. The maximum atomic E-state index is 9.16. The summed E-state index contributed by atoms with van der Waals surface area (Å²) in [4.78, 5) is 0. The molecule has 1 aromatic heterocycles. The molecule has 0 amide bonds. The van der Waals surface area contributed by atoms with Gasteiger partial charge >= 0.3 is 0 Å². The number of hydrogen-bond donors (Lipinski definition) is 1. The number of aromatic nitrogens is 1. The molecule has 0 bridgehead atoms. The van der Waals surface area contributed by atoms with E-state index in [2.05, 4.69) is 0 Å². The summed E-state index contributed by atoms with van der Waals surface area (Å²) in [5.41, 5.74) is 1.96. The van der Waals surface area contributed by atoms with E-state index in [-0.39, 0.29) is 6.61 Å². The molecule has 0 spiro atoms. The van der Waals surface area contributed by atoms with Crippen molar-refractivity contribution in [3.63, 3.8) is 0 Å². The molecule has 0 saturated carbocycles. The summed E-state index contributed by atoms with van der Waals surface area (Å²) in [5.74, 6) is 0.838. The maximum absolute atomic E-state index is 9.16. The lowest BCUT2D eigenvalue weighted by Gasteiger charge is -2.07. The monoisotopic (exact) mass is 191 g/mol. The van der Waals surface area contributed by atoms with Crippen molar-refractivity contribution in [3.05, 3.63) is 30.0 Å². The predicted octanol–water partition coefficient (Wildman–Crippen LogP) is 1.68. The zero-order valence-electron chi connectivity index (χ0n) is 8.32. The van der Waals surface area contributed by atoms with E-state index >= 15 is 0 Å². The molecule has 0 radical (unpaired) electrons. The fourth-order valence-corrected chi connectivity index (χ4v) is 1.74. The minimum atomic E-state index is 0.0600. The standard InChI is InChI=1S/C11H13NO2/c1-12-6-5-9-8(7-13)3-4-10(14-2)11(9)12/h3-6,13H,7H2,1-2H3. The Balaban J connectivity index is 2.81. The fraction of sp³-hybridized carbons (Fsp3) is 0.273. The van der Waals surface area contributed by atoms with Gasteiger partial charge in [-0.15, -0.1) is 0 Å². The van der Waals surface area contributed by atoms with Crippen molar-refractivity contribution >= 4 is 10.9 Å². The number of aliphatic hydroxyl groups excluding tert-OH is 1. The number of aliphatic hydroxyl groups is 1. The van der Waals surface area contributed by atoms with E-state index in [1.807, 2.05) is 36.0 Å². The largest absolute Gasteiger partial charge is 0.495 e. The molecule has 0 atom stereocenters. The van der Waals surface area contributed by atoms with Crippen molar-refractivity contribution in [1.29, 1.82) is 0 Å². The van der Waals surface area contributed by atoms with Crippen LogP contribution in [0.2, 0.25) is 0 Å². The first-order valence-corrected chi connectivity index (χ1v) is 4.49. The van der Waals surface area contributed by atoms with Crippen LogP contribution in [0, 0.1) is 0 Å². The van der Waals surface area contributed by atoms with Gasteiger partial charge in [0, 0.05) is 18.6 Å². The highest BCUT2D eigenvalue weighted by atomic mass is 16.5. The van der Waals surface area contributed by atoms with Gasteiger partial charge in [0.15, 0.2) is 0 Å². The summed E-state index contributed by atoms with van der Waals surface area (Å²) in [6.45, 7) is 0.0600. The van der Waals surface area contributed by atoms with Crippen molar-refractivity contribution in [1.82, 2.24) is 4.57 Å². The van der Waals surface area contributed by atoms with Gasteiger partial charge in [0.25, 0.3) is 0 Å². The van der Waals surface area contributed by atoms with Crippen LogP contribution >= 0.6 is 0 Å². The molecular weight excluding hydrogens is 178 g/mol. The van der Waals surface area contributed by atoms with Crippen LogP contribution < -0.4 is 4.74 Å². The zero-order valence-corrected chi connectivity index (χ0v) is 8.32. The molecule has 3 nitrogen and oxygen atoms in total. The Bertz CT molecular complexity index is 460. The Morgan fingerprint density at radius 2 is 2.14 bits per heavy atom. The van der Waals surface area contributed by atoms with Crippen LogP contribution in [-0.4, -0.2) is 16.8 Å². The molecule has 2 rings (SSSR count). The highest BCUT2D eigenvalue weighted by Crippen LogP contribution is 2.28. The van der Waals surface area contributed by atoms with Gasteiger partial charge in [0.2, 0.25) is 0 Å². The third-order valence-corrected chi connectivity index (χ3v) is 2.48. The average Bonchev–Trinajstić information content (AvgIpc) is 2.60. The van der Waals surface area contributed by atoms with Crippen molar-refractivity contribution in [2.75, 3.05) is 7.11 Å². The normalized spacial score (nSPS) is 10.8. The molecule has 74 valence electrons. The number of rotatable bonds is 2. The Morgan fingerprint density at radius 3 is 2.79 bits per heavy atom. The first kappa shape index (κ1) is 9.09. The van der Waals surface area contributed by atoms with Crippen molar-refractivity contribution in [3.8, 4) is 5.75 Å². The molecule has 0 fully saturated rings. The van der Waals surface area contributed by atoms with Gasteiger partial charge < -0.3 is 14.4 Å². The van der Waals surface area contributed by atoms with Crippen molar-refractivity contribution < 1.29 is 9.84 Å². The van der Waals surface area contributed by atoms with Gasteiger partial charge in [-0.1, -0.05) is 6.07 Å². The van der Waals surface area contributed by atoms with Gasteiger partial charge in [0.05, 0.1) is 19.2 Å². The molecule has 1 heterocycles. The smallest absolute Gasteiger partial charge is 0.143 e. The Morgan fingerprint density at radius 1 is 1.36 bits per heavy atom. The summed E-state index contributed by atoms with van der Waals surface area (Å²) in [6, 6.07) is 5.76. The Labute approximate surface area is 82.5 Å².